The van der Waals surface area contributed by atoms with Crippen LogP contribution in [-0.2, 0) is 16.1 Å². The van der Waals surface area contributed by atoms with Crippen LogP contribution in [0.1, 0.15) is 33.3 Å². The molecule has 5 heteroatoms. The molecule has 0 aliphatic carbocycles. The molecule has 0 aromatic heterocycles. The minimum Gasteiger partial charge on any atom is -0.444 e. The highest BCUT2D eigenvalue weighted by molar-refractivity contribution is 5.69. The first-order valence-electron chi connectivity index (χ1n) is 8.08. The molecule has 1 amide bonds. The molecule has 5 nitrogen and oxygen atoms in total. The van der Waals surface area contributed by atoms with Gasteiger partial charge in [0.1, 0.15) is 5.60 Å². The molecule has 1 aliphatic heterocycles. The largest absolute Gasteiger partial charge is 0.444 e. The van der Waals surface area contributed by atoms with Gasteiger partial charge >= 0.3 is 6.09 Å². The molecule has 0 unspecified atom stereocenters. The Hall–Kier alpha value is -1.59. The molecule has 3 atom stereocenters. The van der Waals surface area contributed by atoms with E-state index in [4.69, 9.17) is 9.47 Å². The zero-order valence-corrected chi connectivity index (χ0v) is 14.4. The van der Waals surface area contributed by atoms with Crippen LogP contribution < -0.4 is 0 Å². The molecule has 23 heavy (non-hydrogen) atoms. The van der Waals surface area contributed by atoms with Gasteiger partial charge in [0, 0.05) is 12.5 Å². The molecule has 2 rings (SSSR count). The highest BCUT2D eigenvalue weighted by Gasteiger charge is 2.43. The third-order valence-electron chi connectivity index (χ3n) is 3.93. The minimum atomic E-state index is -0.552. The standard InChI is InChI=1S/C18H27NO4/c1-13-10-19(17(21)23-18(2,3)4)15(11-20)16(13)22-12-14-8-6-5-7-9-14/h5-9,13,15-16,20H,10-12H2,1-4H3/t13-,15+,16-/m1/s1. The Balaban J connectivity index is 2.01. The van der Waals surface area contributed by atoms with Crippen LogP contribution in [0.3, 0.4) is 0 Å². The summed E-state index contributed by atoms with van der Waals surface area (Å²) < 4.78 is 11.4. The summed E-state index contributed by atoms with van der Waals surface area (Å²) >= 11 is 0. The van der Waals surface area contributed by atoms with Crippen LogP contribution in [0.5, 0.6) is 0 Å². The molecule has 0 radical (unpaired) electrons. The topological polar surface area (TPSA) is 59.0 Å². The van der Waals surface area contributed by atoms with E-state index in [0.717, 1.165) is 5.56 Å². The van der Waals surface area contributed by atoms with Crippen molar-refractivity contribution in [3.05, 3.63) is 35.9 Å². The van der Waals surface area contributed by atoms with E-state index in [1.54, 1.807) is 4.90 Å². The maximum atomic E-state index is 12.3. The Morgan fingerprint density at radius 2 is 1.96 bits per heavy atom. The first kappa shape index (κ1) is 17.8. The van der Waals surface area contributed by atoms with Gasteiger partial charge in [-0.15, -0.1) is 0 Å². The maximum Gasteiger partial charge on any atom is 0.410 e. The fourth-order valence-corrected chi connectivity index (χ4v) is 2.88. The van der Waals surface area contributed by atoms with Gasteiger partial charge in [0.05, 0.1) is 25.4 Å². The molecule has 0 saturated carbocycles. The van der Waals surface area contributed by atoms with Crippen LogP contribution in [0.4, 0.5) is 4.79 Å². The van der Waals surface area contributed by atoms with Gasteiger partial charge in [-0.1, -0.05) is 37.3 Å². The number of carbonyl (C=O) groups excluding carboxylic acids is 1. The Morgan fingerprint density at radius 1 is 1.30 bits per heavy atom. The van der Waals surface area contributed by atoms with Crippen molar-refractivity contribution in [2.45, 2.75) is 52.0 Å². The normalized spacial score (nSPS) is 24.7. The lowest BCUT2D eigenvalue weighted by Crippen LogP contribution is -2.45. The highest BCUT2D eigenvalue weighted by Crippen LogP contribution is 2.28. The number of carbonyl (C=O) groups is 1. The number of likely N-dealkylation sites (tertiary alicyclic amines) is 1. The van der Waals surface area contributed by atoms with E-state index in [0.29, 0.717) is 13.2 Å². The van der Waals surface area contributed by atoms with E-state index in [1.165, 1.54) is 0 Å². The first-order chi connectivity index (χ1) is 10.8. The molecule has 1 aliphatic rings. The third-order valence-corrected chi connectivity index (χ3v) is 3.93. The Bertz CT molecular complexity index is 512. The van der Waals surface area contributed by atoms with Gasteiger partial charge in [0.25, 0.3) is 0 Å². The number of nitrogens with zero attached hydrogens (tertiary/aromatic N) is 1. The van der Waals surface area contributed by atoms with E-state index >= 15 is 0 Å². The fourth-order valence-electron chi connectivity index (χ4n) is 2.88. The number of aliphatic hydroxyl groups is 1. The van der Waals surface area contributed by atoms with E-state index in [9.17, 15) is 9.90 Å². The number of aliphatic hydroxyl groups excluding tert-OH is 1. The lowest BCUT2D eigenvalue weighted by atomic mass is 10.0. The highest BCUT2D eigenvalue weighted by atomic mass is 16.6. The van der Waals surface area contributed by atoms with Crippen molar-refractivity contribution in [3.63, 3.8) is 0 Å². The number of hydrogen-bond donors (Lipinski definition) is 1. The van der Waals surface area contributed by atoms with E-state index in [-0.39, 0.29) is 24.7 Å². The molecular formula is C18H27NO4. The molecule has 1 aromatic rings. The van der Waals surface area contributed by atoms with Crippen LogP contribution in [0.25, 0.3) is 0 Å². The predicted molar refractivity (Wildman–Crippen MR) is 88.0 cm³/mol. The molecular weight excluding hydrogens is 294 g/mol. The monoisotopic (exact) mass is 321 g/mol. The van der Waals surface area contributed by atoms with Gasteiger partial charge in [-0.05, 0) is 26.3 Å². The minimum absolute atomic E-state index is 0.136. The number of benzene rings is 1. The Labute approximate surface area is 138 Å². The maximum absolute atomic E-state index is 12.3. The van der Waals surface area contributed by atoms with Gasteiger partial charge in [0.2, 0.25) is 0 Å². The summed E-state index contributed by atoms with van der Waals surface area (Å²) in [4.78, 5) is 13.9. The second-order valence-corrected chi connectivity index (χ2v) is 7.12. The summed E-state index contributed by atoms with van der Waals surface area (Å²) in [5.74, 6) is 0.142. The molecule has 0 bridgehead atoms. The van der Waals surface area contributed by atoms with Crippen molar-refractivity contribution in [2.75, 3.05) is 13.2 Å². The van der Waals surface area contributed by atoms with Crippen LogP contribution in [0.2, 0.25) is 0 Å². The zero-order valence-electron chi connectivity index (χ0n) is 14.4. The zero-order chi connectivity index (χ0) is 17.0. The summed E-state index contributed by atoms with van der Waals surface area (Å²) in [5.41, 5.74) is 0.524. The van der Waals surface area contributed by atoms with Crippen molar-refractivity contribution >= 4 is 6.09 Å². The summed E-state index contributed by atoms with van der Waals surface area (Å²) in [6.07, 6.45) is -0.595. The van der Waals surface area contributed by atoms with Gasteiger partial charge < -0.3 is 14.6 Å². The predicted octanol–water partition coefficient (Wildman–Crippen LogP) is 2.82. The quantitative estimate of drug-likeness (QED) is 0.926. The fraction of sp³-hybridized carbons (Fsp3) is 0.611. The second-order valence-electron chi connectivity index (χ2n) is 7.12. The molecule has 1 fully saturated rings. The van der Waals surface area contributed by atoms with Crippen molar-refractivity contribution in [1.82, 2.24) is 4.90 Å². The summed E-state index contributed by atoms with van der Waals surface area (Å²) in [6, 6.07) is 9.52. The van der Waals surface area contributed by atoms with Crippen LogP contribution in [0, 0.1) is 5.92 Å². The number of amides is 1. The van der Waals surface area contributed by atoms with Gasteiger partial charge in [0.15, 0.2) is 0 Å². The van der Waals surface area contributed by atoms with Crippen molar-refractivity contribution in [2.24, 2.45) is 5.92 Å². The third kappa shape index (κ3) is 4.69. The van der Waals surface area contributed by atoms with E-state index < -0.39 is 11.7 Å². The molecule has 1 N–H and O–H groups in total. The number of hydrogen-bond acceptors (Lipinski definition) is 4. The molecule has 1 heterocycles. The van der Waals surface area contributed by atoms with Crippen molar-refractivity contribution < 1.29 is 19.4 Å². The van der Waals surface area contributed by atoms with Crippen molar-refractivity contribution in [1.29, 1.82) is 0 Å². The van der Waals surface area contributed by atoms with E-state index in [2.05, 4.69) is 0 Å². The SMILES string of the molecule is C[C@@H]1CN(C(=O)OC(C)(C)C)[C@@H](CO)[C@@H]1OCc1ccccc1. The van der Waals surface area contributed by atoms with Gasteiger partial charge in [-0.25, -0.2) is 4.79 Å². The van der Waals surface area contributed by atoms with Crippen LogP contribution in [-0.4, -0.2) is 47.0 Å². The van der Waals surface area contributed by atoms with Crippen LogP contribution >= 0.6 is 0 Å². The smallest absolute Gasteiger partial charge is 0.410 e. The molecule has 1 aromatic carbocycles. The first-order valence-corrected chi connectivity index (χ1v) is 8.08. The van der Waals surface area contributed by atoms with E-state index in [1.807, 2.05) is 58.0 Å². The lowest BCUT2D eigenvalue weighted by molar-refractivity contribution is -0.0252. The average Bonchev–Trinajstić information content (AvgIpc) is 2.80. The summed E-state index contributed by atoms with van der Waals surface area (Å²) in [6.45, 7) is 8.39. The van der Waals surface area contributed by atoms with Crippen molar-refractivity contribution in [3.8, 4) is 0 Å². The summed E-state index contributed by atoms with van der Waals surface area (Å²) in [5, 5.41) is 9.74. The second kappa shape index (κ2) is 7.32. The molecule has 128 valence electrons. The van der Waals surface area contributed by atoms with Crippen LogP contribution in [0.15, 0.2) is 30.3 Å². The Morgan fingerprint density at radius 3 is 2.52 bits per heavy atom. The molecule has 0 spiro atoms. The number of rotatable bonds is 4. The lowest BCUT2D eigenvalue weighted by Gasteiger charge is -2.29. The Kier molecular flexibility index (Phi) is 5.65. The molecule has 1 saturated heterocycles. The average molecular weight is 321 g/mol. The van der Waals surface area contributed by atoms with Gasteiger partial charge in [-0.2, -0.15) is 0 Å². The summed E-state index contributed by atoms with van der Waals surface area (Å²) in [7, 11) is 0. The number of ether oxygens (including phenoxy) is 2. The van der Waals surface area contributed by atoms with Gasteiger partial charge in [-0.3, -0.25) is 4.90 Å².